The quantitative estimate of drug-likeness (QED) is 0.860. The number of hydrogen-bond donors (Lipinski definition) is 1. The van der Waals surface area contributed by atoms with Gasteiger partial charge >= 0.3 is 0 Å². The molecule has 0 aliphatic carbocycles. The fourth-order valence-corrected chi connectivity index (χ4v) is 2.61. The molecule has 106 valence electrons. The molecular formula is C17H16N2O2. The maximum absolute atomic E-state index is 12.5. The van der Waals surface area contributed by atoms with Gasteiger partial charge in [-0.3, -0.25) is 9.59 Å². The highest BCUT2D eigenvalue weighted by Crippen LogP contribution is 2.28. The van der Waals surface area contributed by atoms with E-state index >= 15 is 0 Å². The highest BCUT2D eigenvalue weighted by Gasteiger charge is 2.35. The standard InChI is InChI=1S/C17H16N2O2/c1-19-11-14(16(20)13-9-5-6-10-15(13)19)17(21)18-12-7-3-2-4-8-12/h2-10,14H,11H2,1H3,(H,18,21). The summed E-state index contributed by atoms with van der Waals surface area (Å²) in [5.74, 6) is -1.05. The third-order valence-electron chi connectivity index (χ3n) is 3.71. The second kappa shape index (κ2) is 5.40. The number of rotatable bonds is 2. The minimum absolute atomic E-state index is 0.114. The predicted molar refractivity (Wildman–Crippen MR) is 82.6 cm³/mol. The van der Waals surface area contributed by atoms with Gasteiger partial charge in [0.05, 0.1) is 0 Å². The van der Waals surface area contributed by atoms with E-state index in [2.05, 4.69) is 5.32 Å². The normalized spacial score (nSPS) is 17.3. The Bertz CT molecular complexity index is 682. The molecule has 2 aromatic carbocycles. The van der Waals surface area contributed by atoms with Crippen LogP contribution < -0.4 is 10.2 Å². The van der Waals surface area contributed by atoms with Crippen LogP contribution in [0.4, 0.5) is 11.4 Å². The molecule has 21 heavy (non-hydrogen) atoms. The minimum Gasteiger partial charge on any atom is -0.373 e. The number of anilines is 2. The zero-order valence-corrected chi connectivity index (χ0v) is 11.7. The maximum Gasteiger partial charge on any atom is 0.237 e. The molecule has 1 heterocycles. The van der Waals surface area contributed by atoms with Crippen molar-refractivity contribution in [2.75, 3.05) is 23.8 Å². The number of nitrogens with zero attached hydrogens (tertiary/aromatic N) is 1. The summed E-state index contributed by atoms with van der Waals surface area (Å²) in [6.07, 6.45) is 0. The van der Waals surface area contributed by atoms with E-state index in [1.165, 1.54) is 0 Å². The van der Waals surface area contributed by atoms with E-state index in [0.717, 1.165) is 5.69 Å². The molecule has 0 spiro atoms. The first-order valence-electron chi connectivity index (χ1n) is 6.87. The molecule has 0 aromatic heterocycles. The van der Waals surface area contributed by atoms with Crippen LogP contribution in [-0.2, 0) is 4.79 Å². The first-order chi connectivity index (χ1) is 10.2. The number of hydrogen-bond acceptors (Lipinski definition) is 3. The van der Waals surface area contributed by atoms with Crippen molar-refractivity contribution in [1.29, 1.82) is 0 Å². The Morgan fingerprint density at radius 2 is 1.76 bits per heavy atom. The van der Waals surface area contributed by atoms with Gasteiger partial charge in [0.1, 0.15) is 5.92 Å². The number of nitrogens with one attached hydrogen (secondary N) is 1. The summed E-state index contributed by atoms with van der Waals surface area (Å²) in [6, 6.07) is 16.6. The summed E-state index contributed by atoms with van der Waals surface area (Å²) in [4.78, 5) is 26.8. The number of Topliss-reactive ketones (excluding diaryl/α,β-unsaturated/α-hetero) is 1. The highest BCUT2D eigenvalue weighted by atomic mass is 16.2. The van der Waals surface area contributed by atoms with E-state index < -0.39 is 5.92 Å². The Morgan fingerprint density at radius 1 is 1.10 bits per heavy atom. The average Bonchev–Trinajstić information content (AvgIpc) is 2.52. The van der Waals surface area contributed by atoms with Crippen molar-refractivity contribution < 1.29 is 9.59 Å². The van der Waals surface area contributed by atoms with E-state index in [-0.39, 0.29) is 11.7 Å². The molecule has 0 saturated heterocycles. The number of benzene rings is 2. The Hall–Kier alpha value is -2.62. The zero-order valence-electron chi connectivity index (χ0n) is 11.7. The summed E-state index contributed by atoms with van der Waals surface area (Å²) in [5, 5.41) is 2.81. The fraction of sp³-hybridized carbons (Fsp3) is 0.176. The van der Waals surface area contributed by atoms with Crippen LogP contribution in [0.2, 0.25) is 0 Å². The molecule has 0 saturated carbocycles. The lowest BCUT2D eigenvalue weighted by atomic mass is 9.90. The Morgan fingerprint density at radius 3 is 2.52 bits per heavy atom. The van der Waals surface area contributed by atoms with E-state index in [1.807, 2.05) is 60.5 Å². The molecule has 2 aromatic rings. The van der Waals surface area contributed by atoms with E-state index in [0.29, 0.717) is 17.8 Å². The number of ketones is 1. The molecule has 4 heteroatoms. The molecule has 1 aliphatic heterocycles. The van der Waals surface area contributed by atoms with Gasteiger partial charge in [0, 0.05) is 30.5 Å². The largest absolute Gasteiger partial charge is 0.373 e. The third kappa shape index (κ3) is 2.52. The molecule has 4 nitrogen and oxygen atoms in total. The average molecular weight is 280 g/mol. The maximum atomic E-state index is 12.5. The van der Waals surface area contributed by atoms with Crippen molar-refractivity contribution in [3.63, 3.8) is 0 Å². The van der Waals surface area contributed by atoms with E-state index in [4.69, 9.17) is 0 Å². The lowest BCUT2D eigenvalue weighted by Crippen LogP contribution is -2.43. The lowest BCUT2D eigenvalue weighted by Gasteiger charge is -2.31. The third-order valence-corrected chi connectivity index (χ3v) is 3.71. The van der Waals surface area contributed by atoms with Crippen LogP contribution >= 0.6 is 0 Å². The van der Waals surface area contributed by atoms with Gasteiger partial charge in [-0.1, -0.05) is 30.3 Å². The van der Waals surface area contributed by atoms with Crippen molar-refractivity contribution in [3.05, 3.63) is 60.2 Å². The van der Waals surface area contributed by atoms with Crippen molar-refractivity contribution in [2.24, 2.45) is 5.92 Å². The Balaban J connectivity index is 1.84. The molecule has 3 rings (SSSR count). The van der Waals surface area contributed by atoms with Gasteiger partial charge in [0.25, 0.3) is 0 Å². The van der Waals surface area contributed by atoms with Crippen molar-refractivity contribution in [2.45, 2.75) is 0 Å². The van der Waals surface area contributed by atoms with Crippen LogP contribution in [0.25, 0.3) is 0 Å². The second-order valence-corrected chi connectivity index (χ2v) is 5.17. The summed E-state index contributed by atoms with van der Waals surface area (Å²) in [5.41, 5.74) is 2.20. The first-order valence-corrected chi connectivity index (χ1v) is 6.87. The lowest BCUT2D eigenvalue weighted by molar-refractivity contribution is -0.118. The fourth-order valence-electron chi connectivity index (χ4n) is 2.61. The van der Waals surface area contributed by atoms with Gasteiger partial charge in [-0.05, 0) is 24.3 Å². The molecular weight excluding hydrogens is 264 g/mol. The predicted octanol–water partition coefficient (Wildman–Crippen LogP) is 2.57. The molecule has 0 bridgehead atoms. The SMILES string of the molecule is CN1CC(C(=O)Nc2ccccc2)C(=O)c2ccccc21. The topological polar surface area (TPSA) is 49.4 Å². The second-order valence-electron chi connectivity index (χ2n) is 5.17. The highest BCUT2D eigenvalue weighted by molar-refractivity contribution is 6.17. The smallest absolute Gasteiger partial charge is 0.237 e. The van der Waals surface area contributed by atoms with Crippen LogP contribution in [0.1, 0.15) is 10.4 Å². The first kappa shape index (κ1) is 13.4. The van der Waals surface area contributed by atoms with Gasteiger partial charge in [0.15, 0.2) is 5.78 Å². The molecule has 1 aliphatic rings. The molecule has 1 N–H and O–H groups in total. The minimum atomic E-state index is -0.676. The van der Waals surface area contributed by atoms with Crippen molar-refractivity contribution in [1.82, 2.24) is 0 Å². The summed E-state index contributed by atoms with van der Waals surface area (Å²) < 4.78 is 0. The van der Waals surface area contributed by atoms with Gasteiger partial charge in [0.2, 0.25) is 5.91 Å². The summed E-state index contributed by atoms with van der Waals surface area (Å²) >= 11 is 0. The van der Waals surface area contributed by atoms with Gasteiger partial charge in [-0.25, -0.2) is 0 Å². The Labute approximate surface area is 123 Å². The van der Waals surface area contributed by atoms with Crippen LogP contribution in [0.3, 0.4) is 0 Å². The van der Waals surface area contributed by atoms with Gasteiger partial charge in [-0.15, -0.1) is 0 Å². The van der Waals surface area contributed by atoms with Crippen molar-refractivity contribution in [3.8, 4) is 0 Å². The summed E-state index contributed by atoms with van der Waals surface area (Å²) in [6.45, 7) is 0.397. The van der Waals surface area contributed by atoms with Crippen LogP contribution in [-0.4, -0.2) is 25.3 Å². The molecule has 0 fully saturated rings. The zero-order chi connectivity index (χ0) is 14.8. The molecule has 0 radical (unpaired) electrons. The molecule has 1 unspecified atom stereocenters. The van der Waals surface area contributed by atoms with Crippen LogP contribution in [0.15, 0.2) is 54.6 Å². The van der Waals surface area contributed by atoms with Gasteiger partial charge < -0.3 is 10.2 Å². The molecule has 1 amide bonds. The number of para-hydroxylation sites is 2. The van der Waals surface area contributed by atoms with Crippen molar-refractivity contribution >= 4 is 23.1 Å². The number of amides is 1. The Kier molecular flexibility index (Phi) is 3.44. The number of fused-ring (bicyclic) bond motifs is 1. The summed E-state index contributed by atoms with van der Waals surface area (Å²) in [7, 11) is 1.90. The molecule has 1 atom stereocenters. The number of carbonyl (C=O) groups excluding carboxylic acids is 2. The van der Waals surface area contributed by atoms with Crippen LogP contribution in [0.5, 0.6) is 0 Å². The monoisotopic (exact) mass is 280 g/mol. The van der Waals surface area contributed by atoms with E-state index in [9.17, 15) is 9.59 Å². The van der Waals surface area contributed by atoms with Gasteiger partial charge in [-0.2, -0.15) is 0 Å². The van der Waals surface area contributed by atoms with Crippen LogP contribution in [0, 0.1) is 5.92 Å². The number of carbonyl (C=O) groups is 2. The van der Waals surface area contributed by atoms with E-state index in [1.54, 1.807) is 6.07 Å².